The molecular formula is C16H24N2O. The Morgan fingerprint density at radius 3 is 2.84 bits per heavy atom. The molecule has 1 amide bonds. The maximum absolute atomic E-state index is 12.5. The van der Waals surface area contributed by atoms with Crippen molar-refractivity contribution < 1.29 is 4.79 Å². The molecule has 0 heterocycles. The first-order chi connectivity index (χ1) is 8.93. The van der Waals surface area contributed by atoms with E-state index in [-0.39, 0.29) is 18.0 Å². The number of amides is 1. The minimum absolute atomic E-state index is 0.0165. The largest absolute Gasteiger partial charge is 0.349 e. The standard InChI is InChI=1S/C16H24N2O/c1-11-6-4-7-13(10-11)12(2)18-15(19)16(3)9-5-8-14(16)17/h4,6-7,10,12,14H,5,8-9,17H2,1-3H3,(H,18,19)/t12-,14?,16?/m1/s1. The predicted molar refractivity (Wildman–Crippen MR) is 77.7 cm³/mol. The van der Waals surface area contributed by atoms with E-state index in [0.717, 1.165) is 24.8 Å². The van der Waals surface area contributed by atoms with E-state index in [2.05, 4.69) is 30.4 Å². The van der Waals surface area contributed by atoms with E-state index in [9.17, 15) is 4.79 Å². The summed E-state index contributed by atoms with van der Waals surface area (Å²) in [6.45, 7) is 6.08. The molecule has 1 aromatic rings. The van der Waals surface area contributed by atoms with Gasteiger partial charge in [0.2, 0.25) is 5.91 Å². The van der Waals surface area contributed by atoms with Crippen LogP contribution in [-0.4, -0.2) is 11.9 Å². The molecule has 1 saturated carbocycles. The molecule has 3 nitrogen and oxygen atoms in total. The number of benzene rings is 1. The van der Waals surface area contributed by atoms with E-state index in [4.69, 9.17) is 5.73 Å². The third-order valence-corrected chi connectivity index (χ3v) is 4.44. The van der Waals surface area contributed by atoms with Gasteiger partial charge in [-0.3, -0.25) is 4.79 Å². The third-order valence-electron chi connectivity index (χ3n) is 4.44. The summed E-state index contributed by atoms with van der Waals surface area (Å²) in [7, 11) is 0. The number of nitrogens with two attached hydrogens (primary N) is 1. The first-order valence-electron chi connectivity index (χ1n) is 7.06. The van der Waals surface area contributed by atoms with Gasteiger partial charge < -0.3 is 11.1 Å². The van der Waals surface area contributed by atoms with Gasteiger partial charge in [-0.15, -0.1) is 0 Å². The lowest BCUT2D eigenvalue weighted by molar-refractivity contribution is -0.131. The SMILES string of the molecule is Cc1cccc([C@@H](C)NC(=O)C2(C)CCCC2N)c1. The van der Waals surface area contributed by atoms with Crippen molar-refractivity contribution in [2.45, 2.75) is 52.1 Å². The van der Waals surface area contributed by atoms with E-state index in [1.807, 2.05) is 19.9 Å². The summed E-state index contributed by atoms with van der Waals surface area (Å²) in [5, 5.41) is 3.12. The molecule has 1 fully saturated rings. The zero-order valence-corrected chi connectivity index (χ0v) is 12.1. The van der Waals surface area contributed by atoms with Crippen molar-refractivity contribution in [3.63, 3.8) is 0 Å². The first-order valence-corrected chi connectivity index (χ1v) is 7.06. The quantitative estimate of drug-likeness (QED) is 0.878. The first kappa shape index (κ1) is 14.1. The van der Waals surface area contributed by atoms with Crippen LogP contribution in [0.5, 0.6) is 0 Å². The highest BCUT2D eigenvalue weighted by atomic mass is 16.2. The fraction of sp³-hybridized carbons (Fsp3) is 0.562. The molecule has 3 atom stereocenters. The van der Waals surface area contributed by atoms with Gasteiger partial charge in [0.1, 0.15) is 0 Å². The second-order valence-corrected chi connectivity index (χ2v) is 6.03. The van der Waals surface area contributed by atoms with Crippen molar-refractivity contribution in [3.8, 4) is 0 Å². The van der Waals surface area contributed by atoms with Crippen LogP contribution in [0.25, 0.3) is 0 Å². The number of aryl methyl sites for hydroxylation is 1. The number of carbonyl (C=O) groups excluding carboxylic acids is 1. The molecule has 1 aliphatic carbocycles. The van der Waals surface area contributed by atoms with Crippen LogP contribution in [0.3, 0.4) is 0 Å². The fourth-order valence-corrected chi connectivity index (χ4v) is 2.86. The maximum atomic E-state index is 12.5. The predicted octanol–water partition coefficient (Wildman–Crippen LogP) is 2.69. The molecule has 0 aliphatic heterocycles. The lowest BCUT2D eigenvalue weighted by Crippen LogP contribution is -2.47. The van der Waals surface area contributed by atoms with Crippen LogP contribution in [0.2, 0.25) is 0 Å². The number of rotatable bonds is 3. The number of carbonyl (C=O) groups is 1. The summed E-state index contributed by atoms with van der Waals surface area (Å²) < 4.78 is 0. The molecule has 3 heteroatoms. The minimum atomic E-state index is -0.405. The molecule has 2 unspecified atom stereocenters. The Hall–Kier alpha value is -1.35. The maximum Gasteiger partial charge on any atom is 0.227 e. The van der Waals surface area contributed by atoms with Crippen molar-refractivity contribution in [2.75, 3.05) is 0 Å². The van der Waals surface area contributed by atoms with E-state index in [1.165, 1.54) is 5.56 Å². The lowest BCUT2D eigenvalue weighted by atomic mass is 9.84. The highest BCUT2D eigenvalue weighted by molar-refractivity contribution is 5.83. The van der Waals surface area contributed by atoms with Gasteiger partial charge in [-0.25, -0.2) is 0 Å². The topological polar surface area (TPSA) is 55.1 Å². The van der Waals surface area contributed by atoms with Crippen molar-refractivity contribution in [1.29, 1.82) is 0 Å². The summed E-state index contributed by atoms with van der Waals surface area (Å²) >= 11 is 0. The summed E-state index contributed by atoms with van der Waals surface area (Å²) in [5.41, 5.74) is 8.04. The molecule has 0 spiro atoms. The van der Waals surface area contributed by atoms with Crippen LogP contribution in [-0.2, 0) is 4.79 Å². The van der Waals surface area contributed by atoms with Crippen LogP contribution in [0.15, 0.2) is 24.3 Å². The molecule has 3 N–H and O–H groups in total. The minimum Gasteiger partial charge on any atom is -0.349 e. The normalized spacial score (nSPS) is 28.1. The Morgan fingerprint density at radius 1 is 1.53 bits per heavy atom. The summed E-state index contributed by atoms with van der Waals surface area (Å²) in [4.78, 5) is 12.5. The highest BCUT2D eigenvalue weighted by Gasteiger charge is 2.43. The van der Waals surface area contributed by atoms with Crippen LogP contribution >= 0.6 is 0 Å². The molecule has 19 heavy (non-hydrogen) atoms. The Labute approximate surface area is 115 Å². The Balaban J connectivity index is 2.07. The second-order valence-electron chi connectivity index (χ2n) is 6.03. The molecule has 1 aliphatic rings. The monoisotopic (exact) mass is 260 g/mol. The van der Waals surface area contributed by atoms with Crippen LogP contribution < -0.4 is 11.1 Å². The third kappa shape index (κ3) is 2.81. The van der Waals surface area contributed by atoms with Gasteiger partial charge in [-0.2, -0.15) is 0 Å². The molecule has 0 bridgehead atoms. The molecule has 2 rings (SSSR count). The van der Waals surface area contributed by atoms with Crippen molar-refractivity contribution >= 4 is 5.91 Å². The average molecular weight is 260 g/mol. The van der Waals surface area contributed by atoms with Crippen LogP contribution in [0.4, 0.5) is 0 Å². The van der Waals surface area contributed by atoms with E-state index in [1.54, 1.807) is 0 Å². The highest BCUT2D eigenvalue weighted by Crippen LogP contribution is 2.37. The van der Waals surface area contributed by atoms with Gasteiger partial charge in [0, 0.05) is 6.04 Å². The van der Waals surface area contributed by atoms with Gasteiger partial charge in [0.25, 0.3) is 0 Å². The molecule has 0 saturated heterocycles. The summed E-state index contributed by atoms with van der Waals surface area (Å²) in [6.07, 6.45) is 2.88. The summed E-state index contributed by atoms with van der Waals surface area (Å²) in [6, 6.07) is 8.26. The fourth-order valence-electron chi connectivity index (χ4n) is 2.86. The van der Waals surface area contributed by atoms with E-state index >= 15 is 0 Å². The van der Waals surface area contributed by atoms with Gasteiger partial charge in [0.05, 0.1) is 11.5 Å². The molecule has 0 aromatic heterocycles. The Morgan fingerprint density at radius 2 is 2.26 bits per heavy atom. The Bertz CT molecular complexity index is 472. The molecule has 104 valence electrons. The lowest BCUT2D eigenvalue weighted by Gasteiger charge is -2.29. The molecule has 1 aromatic carbocycles. The van der Waals surface area contributed by atoms with Gasteiger partial charge >= 0.3 is 0 Å². The average Bonchev–Trinajstić information content (AvgIpc) is 2.71. The van der Waals surface area contributed by atoms with Crippen molar-refractivity contribution in [3.05, 3.63) is 35.4 Å². The van der Waals surface area contributed by atoms with Gasteiger partial charge in [-0.1, -0.05) is 36.2 Å². The van der Waals surface area contributed by atoms with Gasteiger partial charge in [-0.05, 0) is 39.2 Å². The number of hydrogen-bond acceptors (Lipinski definition) is 2. The van der Waals surface area contributed by atoms with Crippen molar-refractivity contribution in [2.24, 2.45) is 11.1 Å². The van der Waals surface area contributed by atoms with Crippen LogP contribution in [0.1, 0.15) is 50.3 Å². The van der Waals surface area contributed by atoms with E-state index < -0.39 is 5.41 Å². The Kier molecular flexibility index (Phi) is 3.95. The zero-order valence-electron chi connectivity index (χ0n) is 12.1. The van der Waals surface area contributed by atoms with Gasteiger partial charge in [0.15, 0.2) is 0 Å². The number of nitrogens with one attached hydrogen (secondary N) is 1. The smallest absolute Gasteiger partial charge is 0.227 e. The van der Waals surface area contributed by atoms with E-state index in [0.29, 0.717) is 0 Å². The van der Waals surface area contributed by atoms with Crippen LogP contribution in [0, 0.1) is 12.3 Å². The number of hydrogen-bond donors (Lipinski definition) is 2. The van der Waals surface area contributed by atoms with Crippen molar-refractivity contribution in [1.82, 2.24) is 5.32 Å². The zero-order chi connectivity index (χ0) is 14.0. The molecular weight excluding hydrogens is 236 g/mol. The second kappa shape index (κ2) is 5.33. The summed E-state index contributed by atoms with van der Waals surface area (Å²) in [5.74, 6) is 0.0894. The molecule has 0 radical (unpaired) electrons.